The van der Waals surface area contributed by atoms with Gasteiger partial charge < -0.3 is 9.64 Å². The summed E-state index contributed by atoms with van der Waals surface area (Å²) in [6.07, 6.45) is 1.80. The highest BCUT2D eigenvalue weighted by Crippen LogP contribution is 2.39. The number of aryl methyl sites for hydroxylation is 2. The molecule has 1 aromatic carbocycles. The van der Waals surface area contributed by atoms with Crippen LogP contribution in [0.4, 0.5) is 11.5 Å². The van der Waals surface area contributed by atoms with E-state index in [1.807, 2.05) is 19.2 Å². The molecule has 0 saturated heterocycles. The molecule has 0 aliphatic rings. The van der Waals surface area contributed by atoms with Crippen LogP contribution in [0.2, 0.25) is 0 Å². The smallest absolute Gasteiger partial charge is 0.145 e. The van der Waals surface area contributed by atoms with Crippen molar-refractivity contribution >= 4 is 27.4 Å². The van der Waals surface area contributed by atoms with Gasteiger partial charge in [0.25, 0.3) is 0 Å². The van der Waals surface area contributed by atoms with Gasteiger partial charge in [0.15, 0.2) is 0 Å². The molecule has 0 N–H and O–H groups in total. The van der Waals surface area contributed by atoms with Crippen LogP contribution >= 0.6 is 15.9 Å². The largest absolute Gasteiger partial charge is 0.494 e. The van der Waals surface area contributed by atoms with Gasteiger partial charge in [0.2, 0.25) is 0 Å². The van der Waals surface area contributed by atoms with Gasteiger partial charge in [0, 0.05) is 17.7 Å². The molecule has 0 unspecified atom stereocenters. The maximum atomic E-state index is 5.63. The number of methoxy groups -OCH3 is 1. The maximum Gasteiger partial charge on any atom is 0.145 e. The van der Waals surface area contributed by atoms with Crippen molar-refractivity contribution in [2.75, 3.05) is 19.1 Å². The lowest BCUT2D eigenvalue weighted by Crippen LogP contribution is -2.14. The molecule has 2 aromatic rings. The molecule has 0 aliphatic heterocycles. The highest BCUT2D eigenvalue weighted by molar-refractivity contribution is 9.10. The van der Waals surface area contributed by atoms with E-state index in [1.165, 1.54) is 11.1 Å². The zero-order valence-electron chi connectivity index (χ0n) is 12.5. The maximum absolute atomic E-state index is 5.63. The van der Waals surface area contributed by atoms with Gasteiger partial charge in [0.1, 0.15) is 11.6 Å². The second-order valence-electron chi connectivity index (χ2n) is 4.91. The van der Waals surface area contributed by atoms with Crippen molar-refractivity contribution in [1.29, 1.82) is 0 Å². The monoisotopic (exact) mass is 334 g/mol. The molecule has 0 amide bonds. The van der Waals surface area contributed by atoms with Gasteiger partial charge in [-0.2, -0.15) is 0 Å². The Balaban J connectivity index is 2.56. The fourth-order valence-electron chi connectivity index (χ4n) is 2.38. The fraction of sp³-hybridized carbons (Fsp3) is 0.312. The van der Waals surface area contributed by atoms with E-state index in [2.05, 4.69) is 52.7 Å². The van der Waals surface area contributed by atoms with Crippen molar-refractivity contribution in [2.45, 2.75) is 20.8 Å². The molecule has 0 aliphatic carbocycles. The molecular formula is C16H19BrN2O. The first kappa shape index (κ1) is 14.9. The van der Waals surface area contributed by atoms with Crippen LogP contribution in [0.3, 0.4) is 0 Å². The van der Waals surface area contributed by atoms with Crippen LogP contribution in [0, 0.1) is 20.8 Å². The van der Waals surface area contributed by atoms with E-state index < -0.39 is 0 Å². The second-order valence-corrected chi connectivity index (χ2v) is 5.83. The number of nitrogens with zero attached hydrogens (tertiary/aromatic N) is 2. The zero-order valence-corrected chi connectivity index (χ0v) is 14.1. The van der Waals surface area contributed by atoms with Crippen LogP contribution in [0.1, 0.15) is 16.7 Å². The van der Waals surface area contributed by atoms with Crippen LogP contribution in [-0.2, 0) is 0 Å². The average molecular weight is 335 g/mol. The van der Waals surface area contributed by atoms with Crippen molar-refractivity contribution in [3.05, 3.63) is 45.6 Å². The fourth-order valence-corrected chi connectivity index (χ4v) is 2.62. The molecule has 3 nitrogen and oxygen atoms in total. The van der Waals surface area contributed by atoms with E-state index in [0.29, 0.717) is 0 Å². The van der Waals surface area contributed by atoms with Gasteiger partial charge in [-0.15, -0.1) is 0 Å². The Bertz CT molecular complexity index is 623. The van der Waals surface area contributed by atoms with E-state index in [9.17, 15) is 0 Å². The van der Waals surface area contributed by atoms with Crippen LogP contribution in [0.5, 0.6) is 5.75 Å². The van der Waals surface area contributed by atoms with Crippen LogP contribution < -0.4 is 9.64 Å². The van der Waals surface area contributed by atoms with Crippen molar-refractivity contribution in [1.82, 2.24) is 4.98 Å². The Labute approximate surface area is 128 Å². The van der Waals surface area contributed by atoms with E-state index in [4.69, 9.17) is 4.74 Å². The number of aromatic nitrogens is 1. The third kappa shape index (κ3) is 2.66. The van der Waals surface area contributed by atoms with Gasteiger partial charge in [-0.05, 0) is 65.5 Å². The molecule has 0 spiro atoms. The zero-order chi connectivity index (χ0) is 14.9. The molecule has 0 radical (unpaired) electrons. The molecule has 0 atom stereocenters. The Hall–Kier alpha value is -1.55. The third-order valence-corrected chi connectivity index (χ3v) is 4.02. The van der Waals surface area contributed by atoms with E-state index in [-0.39, 0.29) is 0 Å². The van der Waals surface area contributed by atoms with Crippen molar-refractivity contribution in [3.63, 3.8) is 0 Å². The summed E-state index contributed by atoms with van der Waals surface area (Å²) in [6.45, 7) is 6.28. The van der Waals surface area contributed by atoms with E-state index >= 15 is 0 Å². The number of ether oxygens (including phenoxy) is 1. The molecule has 20 heavy (non-hydrogen) atoms. The van der Waals surface area contributed by atoms with Gasteiger partial charge in [-0.25, -0.2) is 4.98 Å². The van der Waals surface area contributed by atoms with Crippen molar-refractivity contribution < 1.29 is 4.74 Å². The predicted molar refractivity (Wildman–Crippen MR) is 87.2 cm³/mol. The Kier molecular flexibility index (Phi) is 4.33. The van der Waals surface area contributed by atoms with Crippen LogP contribution in [-0.4, -0.2) is 19.1 Å². The topological polar surface area (TPSA) is 25.4 Å². The molecule has 4 heteroatoms. The van der Waals surface area contributed by atoms with Crippen molar-refractivity contribution in [2.24, 2.45) is 0 Å². The summed E-state index contributed by atoms with van der Waals surface area (Å²) in [5.41, 5.74) is 4.64. The summed E-state index contributed by atoms with van der Waals surface area (Å²) in [7, 11) is 3.73. The van der Waals surface area contributed by atoms with Crippen molar-refractivity contribution in [3.8, 4) is 5.75 Å². The van der Waals surface area contributed by atoms with Crippen LogP contribution in [0.25, 0.3) is 0 Å². The molecule has 0 saturated carbocycles. The average Bonchev–Trinajstić information content (AvgIpc) is 2.42. The summed E-state index contributed by atoms with van der Waals surface area (Å²) in [5.74, 6) is 1.80. The first-order valence-corrected chi connectivity index (χ1v) is 7.25. The molecular weight excluding hydrogens is 316 g/mol. The highest BCUT2D eigenvalue weighted by Gasteiger charge is 2.17. The number of anilines is 2. The van der Waals surface area contributed by atoms with E-state index in [1.54, 1.807) is 13.3 Å². The Morgan fingerprint density at radius 1 is 1.15 bits per heavy atom. The summed E-state index contributed by atoms with van der Waals surface area (Å²) in [4.78, 5) is 6.51. The summed E-state index contributed by atoms with van der Waals surface area (Å²) >= 11 is 3.41. The number of halogens is 1. The molecule has 2 rings (SSSR count). The minimum atomic E-state index is 0.887. The molecule has 1 heterocycles. The highest BCUT2D eigenvalue weighted by atomic mass is 79.9. The summed E-state index contributed by atoms with van der Waals surface area (Å²) in [5, 5.41) is 0. The summed E-state index contributed by atoms with van der Waals surface area (Å²) < 4.78 is 6.60. The van der Waals surface area contributed by atoms with E-state index in [0.717, 1.165) is 27.3 Å². The normalized spacial score (nSPS) is 10.5. The number of hydrogen-bond donors (Lipinski definition) is 0. The van der Waals surface area contributed by atoms with Gasteiger partial charge in [0.05, 0.1) is 12.8 Å². The quantitative estimate of drug-likeness (QED) is 0.823. The number of hydrogen-bond acceptors (Lipinski definition) is 3. The number of rotatable bonds is 3. The lowest BCUT2D eigenvalue weighted by molar-refractivity contribution is 0.412. The number of pyridine rings is 1. The van der Waals surface area contributed by atoms with Gasteiger partial charge in [-0.1, -0.05) is 6.07 Å². The molecule has 0 bridgehead atoms. The minimum Gasteiger partial charge on any atom is -0.494 e. The Morgan fingerprint density at radius 3 is 2.40 bits per heavy atom. The van der Waals surface area contributed by atoms with Gasteiger partial charge >= 0.3 is 0 Å². The summed E-state index contributed by atoms with van der Waals surface area (Å²) in [6, 6.07) is 6.16. The SMILES string of the molecule is COc1c(C)c(C)cc(C)c1N(C)c1ccc(Br)cn1. The number of benzene rings is 1. The predicted octanol–water partition coefficient (Wildman–Crippen LogP) is 4.55. The lowest BCUT2D eigenvalue weighted by atomic mass is 10.0. The third-order valence-electron chi connectivity index (χ3n) is 3.55. The standard InChI is InChI=1S/C16H19BrN2O/c1-10-8-11(2)15(16(20-5)12(10)3)19(4)14-7-6-13(17)9-18-14/h6-9H,1-5H3. The van der Waals surface area contributed by atoms with Gasteiger partial charge in [-0.3, -0.25) is 0 Å². The second kappa shape index (κ2) is 5.83. The first-order chi connectivity index (χ1) is 9.45. The Morgan fingerprint density at radius 2 is 1.85 bits per heavy atom. The minimum absolute atomic E-state index is 0.887. The molecule has 106 valence electrons. The lowest BCUT2D eigenvalue weighted by Gasteiger charge is -2.25. The molecule has 0 fully saturated rings. The van der Waals surface area contributed by atoms with Crippen LogP contribution in [0.15, 0.2) is 28.9 Å². The first-order valence-electron chi connectivity index (χ1n) is 6.45. The molecule has 1 aromatic heterocycles.